The van der Waals surface area contributed by atoms with E-state index in [0.717, 1.165) is 6.54 Å². The first-order chi connectivity index (χ1) is 6.02. The van der Waals surface area contributed by atoms with Crippen LogP contribution in [0.2, 0.25) is 0 Å². The van der Waals surface area contributed by atoms with Gasteiger partial charge in [0.1, 0.15) is 0 Å². The minimum Gasteiger partial charge on any atom is -0.381 e. The van der Waals surface area contributed by atoms with Crippen LogP contribution in [0.15, 0.2) is 0 Å². The number of methoxy groups -OCH3 is 1. The number of carbonyl (C=O) groups excluding carboxylic acids is 1. The molecule has 1 aliphatic rings. The zero-order valence-corrected chi connectivity index (χ0v) is 8.46. The van der Waals surface area contributed by atoms with Crippen molar-refractivity contribution in [2.24, 2.45) is 17.1 Å². The first-order valence-corrected chi connectivity index (χ1v) is 4.55. The summed E-state index contributed by atoms with van der Waals surface area (Å²) in [6.45, 7) is 5.47. The van der Waals surface area contributed by atoms with E-state index in [-0.39, 0.29) is 23.3 Å². The molecule has 0 aliphatic carbocycles. The van der Waals surface area contributed by atoms with Gasteiger partial charge < -0.3 is 15.8 Å². The lowest BCUT2D eigenvalue weighted by molar-refractivity contribution is -0.127. The Labute approximate surface area is 78.8 Å². The normalized spacial score (nSPS) is 36.1. The van der Waals surface area contributed by atoms with Crippen LogP contribution in [0.4, 0.5) is 0 Å². The van der Waals surface area contributed by atoms with Gasteiger partial charge >= 0.3 is 0 Å². The lowest BCUT2D eigenvalue weighted by Crippen LogP contribution is -2.44. The fourth-order valence-electron chi connectivity index (χ4n) is 1.96. The van der Waals surface area contributed by atoms with Gasteiger partial charge in [-0.25, -0.2) is 0 Å². The van der Waals surface area contributed by atoms with Crippen molar-refractivity contribution in [1.29, 1.82) is 0 Å². The highest BCUT2D eigenvalue weighted by atomic mass is 16.5. The molecule has 1 aliphatic heterocycles. The maximum atomic E-state index is 11.2. The van der Waals surface area contributed by atoms with Crippen molar-refractivity contribution in [3.63, 3.8) is 0 Å². The number of amides is 1. The summed E-state index contributed by atoms with van der Waals surface area (Å²) < 4.78 is 5.27. The highest BCUT2D eigenvalue weighted by Gasteiger charge is 2.46. The average molecular weight is 186 g/mol. The molecule has 0 bridgehead atoms. The number of ether oxygens (including phenoxy) is 1. The zero-order valence-electron chi connectivity index (χ0n) is 8.46. The fourth-order valence-corrected chi connectivity index (χ4v) is 1.96. The number of hydrogen-bond donors (Lipinski definition) is 2. The van der Waals surface area contributed by atoms with E-state index in [2.05, 4.69) is 5.32 Å². The lowest BCUT2D eigenvalue weighted by Gasteiger charge is -2.33. The monoisotopic (exact) mass is 186 g/mol. The molecule has 1 amide bonds. The van der Waals surface area contributed by atoms with Gasteiger partial charge in [-0.3, -0.25) is 4.79 Å². The Morgan fingerprint density at radius 2 is 2.38 bits per heavy atom. The van der Waals surface area contributed by atoms with Gasteiger partial charge in [0, 0.05) is 25.6 Å². The molecule has 1 saturated heterocycles. The van der Waals surface area contributed by atoms with Crippen molar-refractivity contribution < 1.29 is 9.53 Å². The molecule has 4 heteroatoms. The van der Waals surface area contributed by atoms with E-state index in [0.29, 0.717) is 6.54 Å². The van der Waals surface area contributed by atoms with Gasteiger partial charge in [-0.05, 0) is 6.92 Å². The van der Waals surface area contributed by atoms with Gasteiger partial charge in [-0.2, -0.15) is 0 Å². The number of nitrogens with one attached hydrogen (secondary N) is 1. The van der Waals surface area contributed by atoms with Crippen LogP contribution < -0.4 is 11.1 Å². The second kappa shape index (κ2) is 3.64. The third-order valence-corrected chi connectivity index (χ3v) is 3.28. The van der Waals surface area contributed by atoms with Crippen molar-refractivity contribution in [2.75, 3.05) is 20.2 Å². The number of hydrogen-bond acceptors (Lipinski definition) is 3. The Kier molecular flexibility index (Phi) is 2.93. The molecule has 4 nitrogen and oxygen atoms in total. The van der Waals surface area contributed by atoms with E-state index in [1.54, 1.807) is 7.11 Å². The van der Waals surface area contributed by atoms with Crippen LogP contribution in [0, 0.1) is 11.3 Å². The van der Waals surface area contributed by atoms with Crippen molar-refractivity contribution >= 4 is 5.91 Å². The van der Waals surface area contributed by atoms with E-state index >= 15 is 0 Å². The molecule has 0 aromatic heterocycles. The molecule has 13 heavy (non-hydrogen) atoms. The Bertz CT molecular complexity index is 208. The van der Waals surface area contributed by atoms with Crippen LogP contribution in [0.3, 0.4) is 0 Å². The van der Waals surface area contributed by atoms with Crippen molar-refractivity contribution in [2.45, 2.75) is 20.0 Å². The van der Waals surface area contributed by atoms with Gasteiger partial charge in [-0.15, -0.1) is 0 Å². The molecule has 0 spiro atoms. The van der Waals surface area contributed by atoms with Crippen molar-refractivity contribution in [3.05, 3.63) is 0 Å². The van der Waals surface area contributed by atoms with Crippen molar-refractivity contribution in [3.8, 4) is 0 Å². The third-order valence-electron chi connectivity index (χ3n) is 3.28. The highest BCUT2D eigenvalue weighted by Crippen LogP contribution is 2.35. The third kappa shape index (κ3) is 1.69. The summed E-state index contributed by atoms with van der Waals surface area (Å²) >= 11 is 0. The molecule has 3 unspecified atom stereocenters. The maximum absolute atomic E-state index is 11.2. The largest absolute Gasteiger partial charge is 0.381 e. The van der Waals surface area contributed by atoms with Gasteiger partial charge in [0.2, 0.25) is 5.91 Å². The predicted molar refractivity (Wildman–Crippen MR) is 50.1 cm³/mol. The second-order valence-electron chi connectivity index (χ2n) is 3.97. The van der Waals surface area contributed by atoms with Gasteiger partial charge in [0.05, 0.1) is 12.0 Å². The van der Waals surface area contributed by atoms with E-state index in [4.69, 9.17) is 10.5 Å². The van der Waals surface area contributed by atoms with E-state index in [1.807, 2.05) is 13.8 Å². The first-order valence-electron chi connectivity index (χ1n) is 4.55. The quantitative estimate of drug-likeness (QED) is 0.638. The van der Waals surface area contributed by atoms with Crippen LogP contribution >= 0.6 is 0 Å². The molecular weight excluding hydrogens is 168 g/mol. The Hall–Kier alpha value is -0.610. The Balaban J connectivity index is 2.81. The Morgan fingerprint density at radius 1 is 1.77 bits per heavy atom. The lowest BCUT2D eigenvalue weighted by atomic mass is 9.75. The molecule has 0 aromatic rings. The number of nitrogens with two attached hydrogens (primary N) is 1. The molecule has 1 fully saturated rings. The fraction of sp³-hybridized carbons (Fsp3) is 0.889. The summed E-state index contributed by atoms with van der Waals surface area (Å²) in [4.78, 5) is 11.2. The molecule has 0 saturated carbocycles. The van der Waals surface area contributed by atoms with Crippen molar-refractivity contribution in [1.82, 2.24) is 5.32 Å². The summed E-state index contributed by atoms with van der Waals surface area (Å²) in [5, 5.41) is 3.18. The van der Waals surface area contributed by atoms with Crippen LogP contribution in [0.25, 0.3) is 0 Å². The molecule has 1 rings (SSSR count). The van der Waals surface area contributed by atoms with E-state index in [1.165, 1.54) is 0 Å². The van der Waals surface area contributed by atoms with Gasteiger partial charge in [0.25, 0.3) is 0 Å². The minimum atomic E-state index is -0.239. The standard InChI is InChI=1S/C9H18N2O2/c1-6(13-3)9(2)5-11-4-7(9)8(10)12/h6-7,11H,4-5H2,1-3H3,(H2,10,12). The second-order valence-corrected chi connectivity index (χ2v) is 3.97. The molecule has 0 radical (unpaired) electrons. The number of rotatable bonds is 3. The van der Waals surface area contributed by atoms with Crippen LogP contribution in [-0.4, -0.2) is 32.2 Å². The molecule has 3 N–H and O–H groups in total. The molecule has 0 aromatic carbocycles. The molecule has 76 valence electrons. The topological polar surface area (TPSA) is 64.3 Å². The summed E-state index contributed by atoms with van der Waals surface area (Å²) in [5.41, 5.74) is 5.17. The molecule has 1 heterocycles. The van der Waals surface area contributed by atoms with Crippen LogP contribution in [-0.2, 0) is 9.53 Å². The minimum absolute atomic E-state index is 0.0417. The van der Waals surface area contributed by atoms with Gasteiger partial charge in [0.15, 0.2) is 0 Å². The summed E-state index contributed by atoms with van der Waals surface area (Å²) in [6, 6.07) is 0. The van der Waals surface area contributed by atoms with Crippen LogP contribution in [0.1, 0.15) is 13.8 Å². The summed E-state index contributed by atoms with van der Waals surface area (Å²) in [7, 11) is 1.66. The summed E-state index contributed by atoms with van der Waals surface area (Å²) in [5.74, 6) is -0.362. The Morgan fingerprint density at radius 3 is 2.85 bits per heavy atom. The maximum Gasteiger partial charge on any atom is 0.222 e. The number of carbonyl (C=O) groups is 1. The molecular formula is C9H18N2O2. The SMILES string of the molecule is COC(C)C1(C)CNCC1C(N)=O. The zero-order chi connectivity index (χ0) is 10.1. The number of primary amides is 1. The smallest absolute Gasteiger partial charge is 0.222 e. The molecule has 3 atom stereocenters. The average Bonchev–Trinajstić information content (AvgIpc) is 2.47. The highest BCUT2D eigenvalue weighted by molar-refractivity contribution is 5.78. The van der Waals surface area contributed by atoms with E-state index in [9.17, 15) is 4.79 Å². The predicted octanol–water partition coefficient (Wildman–Crippen LogP) is -0.268. The van der Waals surface area contributed by atoms with Gasteiger partial charge in [-0.1, -0.05) is 6.92 Å². The van der Waals surface area contributed by atoms with Crippen LogP contribution in [0.5, 0.6) is 0 Å². The first kappa shape index (κ1) is 10.5. The summed E-state index contributed by atoms with van der Waals surface area (Å²) in [6.07, 6.45) is 0.0417. The van der Waals surface area contributed by atoms with E-state index < -0.39 is 0 Å².